The molecule has 25 heteroatoms. The first-order chi connectivity index (χ1) is 44.9. The topological polar surface area (TPSA) is 318 Å². The van der Waals surface area contributed by atoms with Crippen molar-refractivity contribution in [2.45, 2.75) is 122 Å². The van der Waals surface area contributed by atoms with Gasteiger partial charge >= 0.3 is 5.92 Å². The Hall–Kier alpha value is -8.75. The summed E-state index contributed by atoms with van der Waals surface area (Å²) in [7, 11) is 0. The number of alkyl halides is 4. The Morgan fingerprint density at radius 1 is 0.667 bits per heavy atom. The number of benzene rings is 4. The first-order valence-corrected chi connectivity index (χ1v) is 31.4. The fourth-order valence-corrected chi connectivity index (χ4v) is 10.8. The number of ether oxygens (including phenoxy) is 3. The smallest absolute Gasteiger partial charge is 0.301 e. The number of aliphatic hydroxyl groups excluding tert-OH is 1. The molecule has 494 valence electrons. The predicted octanol–water partition coefficient (Wildman–Crippen LogP) is 8.81. The van der Waals surface area contributed by atoms with Gasteiger partial charge in [-0.15, -0.1) is 0 Å². The second-order valence-corrected chi connectivity index (χ2v) is 23.6. The number of aliphatic hydroxyl groups is 1. The summed E-state index contributed by atoms with van der Waals surface area (Å²) in [5.41, 5.74) is 25.7. The Kier molecular flexibility index (Phi) is 23.8. The summed E-state index contributed by atoms with van der Waals surface area (Å²) < 4.78 is 71.3. The molecule has 11 N–H and O–H groups in total. The molecule has 3 saturated carbocycles. The van der Waals surface area contributed by atoms with Crippen molar-refractivity contribution >= 4 is 52.5 Å². The summed E-state index contributed by atoms with van der Waals surface area (Å²) in [6.45, 7) is 2.21. The van der Waals surface area contributed by atoms with Gasteiger partial charge in [-0.25, -0.2) is 27.5 Å². The molecular weight excluding hydrogens is 1210 g/mol. The van der Waals surface area contributed by atoms with Gasteiger partial charge in [-0.1, -0.05) is 31.2 Å². The van der Waals surface area contributed by atoms with Gasteiger partial charge in [-0.3, -0.25) is 33.8 Å². The largest absolute Gasteiger partial charge is 0.490 e. The second kappa shape index (κ2) is 32.2. The van der Waals surface area contributed by atoms with Gasteiger partial charge in [0.1, 0.15) is 35.5 Å². The molecule has 6 aromatic rings. The van der Waals surface area contributed by atoms with Crippen molar-refractivity contribution in [2.75, 3.05) is 55.4 Å². The van der Waals surface area contributed by atoms with E-state index in [0.717, 1.165) is 77.8 Å². The van der Waals surface area contributed by atoms with E-state index in [4.69, 9.17) is 36.5 Å². The normalized spacial score (nSPS) is 18.1. The number of rotatable bonds is 24. The lowest BCUT2D eigenvalue weighted by atomic mass is 10.0. The van der Waals surface area contributed by atoms with Crippen LogP contribution in [0.2, 0.25) is 0 Å². The molecule has 0 unspecified atom stereocenters. The summed E-state index contributed by atoms with van der Waals surface area (Å²) >= 11 is 0. The summed E-state index contributed by atoms with van der Waals surface area (Å²) in [5.74, 6) is -3.01. The minimum atomic E-state index is -3.23. The van der Waals surface area contributed by atoms with E-state index < -0.39 is 43.4 Å². The molecule has 3 aliphatic carbocycles. The molecule has 3 atom stereocenters. The lowest BCUT2D eigenvalue weighted by molar-refractivity contribution is -0.160. The monoisotopic (exact) mass is 1290 g/mol. The number of hydrogen-bond acceptors (Lipinski definition) is 16. The lowest BCUT2D eigenvalue weighted by Crippen LogP contribution is -2.55. The van der Waals surface area contributed by atoms with Gasteiger partial charge in [0.25, 0.3) is 12.3 Å². The number of hydrogen-bond donors (Lipinski definition) is 8. The fourth-order valence-electron chi connectivity index (χ4n) is 10.8. The van der Waals surface area contributed by atoms with Crippen molar-refractivity contribution in [2.24, 2.45) is 40.9 Å². The Balaban J connectivity index is 0.000000166. The van der Waals surface area contributed by atoms with Crippen LogP contribution in [-0.2, 0) is 48.3 Å². The first-order valence-electron chi connectivity index (χ1n) is 31.4. The van der Waals surface area contributed by atoms with E-state index in [2.05, 4.69) is 36.2 Å². The molecule has 5 amide bonds. The van der Waals surface area contributed by atoms with Crippen LogP contribution >= 0.6 is 0 Å². The number of nitrogens with two attached hydrogens (primary N) is 3. The van der Waals surface area contributed by atoms with E-state index in [1.807, 2.05) is 49.4 Å². The van der Waals surface area contributed by atoms with E-state index in [-0.39, 0.29) is 104 Å². The number of halogens is 4. The summed E-state index contributed by atoms with van der Waals surface area (Å²) in [5, 5.41) is 19.7. The average molecular weight is 1290 g/mol. The number of carbonyl (C=O) groups excluding carboxylic acids is 6. The number of pyridine rings is 1. The molecule has 93 heavy (non-hydrogen) atoms. The van der Waals surface area contributed by atoms with Gasteiger partial charge in [0.2, 0.25) is 23.6 Å². The van der Waals surface area contributed by atoms with Crippen molar-refractivity contribution in [3.05, 3.63) is 132 Å². The third-order valence-corrected chi connectivity index (χ3v) is 16.4. The zero-order valence-electron chi connectivity index (χ0n) is 51.7. The van der Waals surface area contributed by atoms with Crippen LogP contribution in [0.3, 0.4) is 0 Å². The second-order valence-electron chi connectivity index (χ2n) is 23.6. The van der Waals surface area contributed by atoms with Crippen LogP contribution in [0.15, 0.2) is 110 Å². The molecule has 5 aliphatic rings. The molecule has 0 bridgehead atoms. The van der Waals surface area contributed by atoms with Crippen LogP contribution < -0.4 is 47.9 Å². The number of piperidine rings is 1. The van der Waals surface area contributed by atoms with Crippen molar-refractivity contribution in [1.29, 1.82) is 0 Å². The van der Waals surface area contributed by atoms with Gasteiger partial charge in [-0.05, 0) is 122 Å². The quantitative estimate of drug-likeness (QED) is 0.0262. The van der Waals surface area contributed by atoms with Crippen molar-refractivity contribution in [1.82, 2.24) is 25.2 Å². The SMILES string of the molecule is CCCC(=O)[C@@H]1C[C@H]1C(=O)Nc1cc(-c2ccc(OC3CCOCC3)c(CN)c2)ncn1.NCc1cc(-c2cc(NC(=O)C3CC3)ccn2)ccc1C(=O)NCC(F)F.NCc1cc(-c2cccc(NC(=O)C3CC3)c2)ccc1O[C@H]1CCN(C(=O)CCO)CC1(F)F. The van der Waals surface area contributed by atoms with E-state index in [1.54, 1.807) is 54.7 Å². The minimum absolute atomic E-state index is 0.000784. The van der Waals surface area contributed by atoms with Gasteiger partial charge in [0.15, 0.2) is 6.10 Å². The molecule has 5 fully saturated rings. The molecule has 21 nitrogen and oxygen atoms in total. The van der Waals surface area contributed by atoms with Crippen LogP contribution in [0, 0.1) is 23.7 Å². The Bertz CT molecular complexity index is 3620. The van der Waals surface area contributed by atoms with E-state index in [0.29, 0.717) is 77.9 Å². The number of amides is 5. The molecule has 11 rings (SSSR count). The van der Waals surface area contributed by atoms with Gasteiger partial charge in [0, 0.05) is 133 Å². The highest BCUT2D eigenvalue weighted by Gasteiger charge is 2.48. The highest BCUT2D eigenvalue weighted by atomic mass is 19.3. The van der Waals surface area contributed by atoms with Crippen molar-refractivity contribution in [3.8, 4) is 45.1 Å². The third-order valence-electron chi connectivity index (χ3n) is 16.4. The molecule has 2 aliphatic heterocycles. The molecule has 2 aromatic heterocycles. The molecule has 4 aromatic carbocycles. The predicted molar refractivity (Wildman–Crippen MR) is 341 cm³/mol. The number of Topliss-reactive ketones (excluding diaryl/α,β-unsaturated/α-hetero) is 1. The summed E-state index contributed by atoms with van der Waals surface area (Å²) in [6, 6.07) is 28.5. The zero-order chi connectivity index (χ0) is 66.2. The average Bonchev–Trinajstić information content (AvgIpc) is 1.81. The molecule has 4 heterocycles. The lowest BCUT2D eigenvalue weighted by Gasteiger charge is -2.38. The maximum absolute atomic E-state index is 14.7. The molecular formula is C68H79F4N11O10. The number of nitrogens with one attached hydrogen (secondary N) is 4. The van der Waals surface area contributed by atoms with Crippen LogP contribution in [-0.4, -0.2) is 124 Å². The standard InChI is InChI=1S/C25H29F2N3O4.C24H30N4O4.C19H20F2N4O2/c26-25(27)15-30(23(32)9-11-31)10-8-22(25)34-21-7-6-18(12-19(21)14-28)17-2-1-3-20(13-17)29-24(33)16-4-5-16;1-2-3-21(29)18-11-19(18)24(30)28-23-12-20(26-14-27-23)15-4-5-22(16(10-15)13-25)32-17-6-8-31-9-7-17;20-17(21)10-24-19(27)15-4-3-12(7-13(15)9-22)16-8-14(5-6-23-16)25-18(26)11-1-2-11/h1-3,6-7,12-13,16,22,31H,4-5,8-11,14-15,28H2,(H,29,33);4-5,10,12,14,17-19H,2-3,6-9,11,13,25H2,1H3,(H,26,27,28,30);3-8,11,17H,1-2,9-10,22H2,(H,24,27)(H,23,25,26)/t22-;18-,19-;/m01./s1. The minimum Gasteiger partial charge on any atom is -0.490 e. The van der Waals surface area contributed by atoms with Gasteiger partial charge in [0.05, 0.1) is 44.3 Å². The Morgan fingerprint density at radius 3 is 1.91 bits per heavy atom. The maximum Gasteiger partial charge on any atom is 0.301 e. The van der Waals surface area contributed by atoms with Crippen LogP contribution in [0.4, 0.5) is 34.8 Å². The fraction of sp³-hybridized carbons (Fsp3) is 0.426. The van der Waals surface area contributed by atoms with Crippen molar-refractivity contribution < 1.29 is 65.6 Å². The number of ketones is 1. The molecule has 0 radical (unpaired) electrons. The number of anilines is 3. The zero-order valence-corrected chi connectivity index (χ0v) is 51.7. The van der Waals surface area contributed by atoms with Crippen LogP contribution in [0.25, 0.3) is 33.6 Å². The Morgan fingerprint density at radius 2 is 1.28 bits per heavy atom. The first kappa shape index (κ1) is 68.6. The highest BCUT2D eigenvalue weighted by molar-refractivity contribution is 6.00. The van der Waals surface area contributed by atoms with Crippen LogP contribution in [0.1, 0.15) is 105 Å². The van der Waals surface area contributed by atoms with E-state index in [1.165, 1.54) is 12.4 Å². The van der Waals surface area contributed by atoms with E-state index >= 15 is 0 Å². The third kappa shape index (κ3) is 19.2. The van der Waals surface area contributed by atoms with Crippen molar-refractivity contribution in [3.63, 3.8) is 0 Å². The number of nitrogens with zero attached hydrogens (tertiary/aromatic N) is 4. The molecule has 0 spiro atoms. The number of likely N-dealkylation sites (tertiary alicyclic amines) is 1. The van der Waals surface area contributed by atoms with Gasteiger partial charge < -0.3 is 62.7 Å². The maximum atomic E-state index is 14.7. The molecule has 2 saturated heterocycles. The number of aromatic nitrogens is 3. The van der Waals surface area contributed by atoms with Gasteiger partial charge in [-0.2, -0.15) is 0 Å². The summed E-state index contributed by atoms with van der Waals surface area (Å²) in [4.78, 5) is 86.3. The Labute approximate surface area is 536 Å². The highest BCUT2D eigenvalue weighted by Crippen LogP contribution is 2.42. The summed E-state index contributed by atoms with van der Waals surface area (Å²) in [6.07, 6.45) is 6.31. The van der Waals surface area contributed by atoms with E-state index in [9.17, 15) is 46.3 Å². The number of carbonyl (C=O) groups is 6. The van der Waals surface area contributed by atoms with Crippen LogP contribution in [0.5, 0.6) is 11.5 Å².